The van der Waals surface area contributed by atoms with E-state index < -0.39 is 0 Å². The number of nitrogens with two attached hydrogens (primary N) is 1. The first-order valence-corrected chi connectivity index (χ1v) is 7.24. The normalized spacial score (nSPS) is 21.0. The molecule has 104 valence electrons. The van der Waals surface area contributed by atoms with Crippen LogP contribution in [0.2, 0.25) is 0 Å². The molecule has 1 aliphatic rings. The molecule has 0 bridgehead atoms. The van der Waals surface area contributed by atoms with E-state index in [0.29, 0.717) is 11.7 Å². The van der Waals surface area contributed by atoms with Crippen molar-refractivity contribution in [3.63, 3.8) is 0 Å². The second-order valence-corrected chi connectivity index (χ2v) is 5.34. The van der Waals surface area contributed by atoms with Gasteiger partial charge in [-0.05, 0) is 43.5 Å². The summed E-state index contributed by atoms with van der Waals surface area (Å²) in [5.74, 6) is 0.0461. The van der Waals surface area contributed by atoms with Crippen LogP contribution in [0.3, 0.4) is 0 Å². The molecule has 3 N–H and O–H groups in total. The molecule has 1 aromatic rings. The number of nitrogens with zero attached hydrogens (tertiary/aromatic N) is 2. The highest BCUT2D eigenvalue weighted by molar-refractivity contribution is 5.93. The van der Waals surface area contributed by atoms with Crippen LogP contribution in [0.5, 0.6) is 0 Å². The van der Waals surface area contributed by atoms with Crippen LogP contribution >= 0.6 is 0 Å². The van der Waals surface area contributed by atoms with Gasteiger partial charge in [0.1, 0.15) is 11.5 Å². The average Bonchev–Trinajstić information content (AvgIpc) is 2.64. The molecule has 0 spiro atoms. The van der Waals surface area contributed by atoms with Crippen molar-refractivity contribution in [2.45, 2.75) is 51.6 Å². The van der Waals surface area contributed by atoms with Gasteiger partial charge in [-0.2, -0.15) is 0 Å². The van der Waals surface area contributed by atoms with Gasteiger partial charge in [-0.3, -0.25) is 15.3 Å². The topological polar surface area (TPSA) is 66.0 Å². The Labute approximate surface area is 115 Å². The SMILES string of the molecule is CCC1CCCCCN1Cc1ccnc(C(=N)N)c1. The average molecular weight is 260 g/mol. The minimum Gasteiger partial charge on any atom is -0.382 e. The van der Waals surface area contributed by atoms with Crippen LogP contribution in [-0.4, -0.2) is 28.3 Å². The number of amidine groups is 1. The van der Waals surface area contributed by atoms with Crippen LogP contribution in [0, 0.1) is 5.41 Å². The smallest absolute Gasteiger partial charge is 0.141 e. The lowest BCUT2D eigenvalue weighted by molar-refractivity contribution is 0.186. The molecule has 1 unspecified atom stereocenters. The van der Waals surface area contributed by atoms with E-state index in [0.717, 1.165) is 6.54 Å². The standard InChI is InChI=1S/C15H24N4/c1-2-13-6-4-3-5-9-19(13)11-12-7-8-18-14(10-12)15(16)17/h7-8,10,13H,2-6,9,11H2,1H3,(H3,16,17). The molecule has 0 amide bonds. The molecule has 1 aliphatic heterocycles. The molecule has 2 heterocycles. The summed E-state index contributed by atoms with van der Waals surface area (Å²) < 4.78 is 0. The predicted molar refractivity (Wildman–Crippen MR) is 78.2 cm³/mol. The highest BCUT2D eigenvalue weighted by atomic mass is 15.2. The zero-order chi connectivity index (χ0) is 13.7. The van der Waals surface area contributed by atoms with E-state index in [1.54, 1.807) is 6.20 Å². The molecule has 2 rings (SSSR count). The fraction of sp³-hybridized carbons (Fsp3) is 0.600. The van der Waals surface area contributed by atoms with E-state index in [9.17, 15) is 0 Å². The minimum atomic E-state index is 0.0461. The Hall–Kier alpha value is -1.42. The maximum atomic E-state index is 7.46. The van der Waals surface area contributed by atoms with Gasteiger partial charge >= 0.3 is 0 Å². The van der Waals surface area contributed by atoms with Gasteiger partial charge in [-0.1, -0.05) is 19.8 Å². The Bertz CT molecular complexity index is 430. The van der Waals surface area contributed by atoms with E-state index in [2.05, 4.69) is 16.8 Å². The lowest BCUT2D eigenvalue weighted by Crippen LogP contribution is -2.33. The van der Waals surface area contributed by atoms with Gasteiger partial charge in [0.25, 0.3) is 0 Å². The second-order valence-electron chi connectivity index (χ2n) is 5.34. The summed E-state index contributed by atoms with van der Waals surface area (Å²) in [6, 6.07) is 4.67. The summed E-state index contributed by atoms with van der Waals surface area (Å²) in [5, 5.41) is 7.46. The lowest BCUT2D eigenvalue weighted by Gasteiger charge is -2.29. The molecule has 4 heteroatoms. The van der Waals surface area contributed by atoms with Gasteiger partial charge in [-0.25, -0.2) is 0 Å². The zero-order valence-corrected chi connectivity index (χ0v) is 11.7. The first kappa shape index (κ1) is 14.0. The monoisotopic (exact) mass is 260 g/mol. The van der Waals surface area contributed by atoms with Crippen LogP contribution in [0.1, 0.15) is 50.3 Å². The third kappa shape index (κ3) is 3.77. The summed E-state index contributed by atoms with van der Waals surface area (Å²) in [7, 11) is 0. The summed E-state index contributed by atoms with van der Waals surface area (Å²) in [4.78, 5) is 6.70. The van der Waals surface area contributed by atoms with Gasteiger partial charge in [-0.15, -0.1) is 0 Å². The van der Waals surface area contributed by atoms with Crippen molar-refractivity contribution in [1.82, 2.24) is 9.88 Å². The number of rotatable bonds is 4. The number of likely N-dealkylation sites (tertiary alicyclic amines) is 1. The predicted octanol–water partition coefficient (Wildman–Crippen LogP) is 2.52. The van der Waals surface area contributed by atoms with Gasteiger partial charge in [0.2, 0.25) is 0 Å². The third-order valence-corrected chi connectivity index (χ3v) is 3.96. The molecule has 0 aliphatic carbocycles. The van der Waals surface area contributed by atoms with Gasteiger partial charge in [0.05, 0.1) is 0 Å². The molecule has 1 saturated heterocycles. The van der Waals surface area contributed by atoms with E-state index in [-0.39, 0.29) is 5.84 Å². The molecular weight excluding hydrogens is 236 g/mol. The van der Waals surface area contributed by atoms with Crippen LogP contribution in [0.4, 0.5) is 0 Å². The Morgan fingerprint density at radius 2 is 2.32 bits per heavy atom. The minimum absolute atomic E-state index is 0.0461. The maximum Gasteiger partial charge on any atom is 0.141 e. The Balaban J connectivity index is 2.09. The second kappa shape index (κ2) is 6.66. The lowest BCUT2D eigenvalue weighted by atomic mass is 10.1. The van der Waals surface area contributed by atoms with Gasteiger partial charge in [0.15, 0.2) is 0 Å². The van der Waals surface area contributed by atoms with Crippen molar-refractivity contribution in [1.29, 1.82) is 5.41 Å². The molecule has 0 aromatic carbocycles. The number of hydrogen-bond donors (Lipinski definition) is 2. The van der Waals surface area contributed by atoms with Gasteiger partial charge in [0, 0.05) is 18.8 Å². The van der Waals surface area contributed by atoms with Crippen LogP contribution in [0.25, 0.3) is 0 Å². The fourth-order valence-corrected chi connectivity index (χ4v) is 2.86. The Morgan fingerprint density at radius 3 is 3.05 bits per heavy atom. The third-order valence-electron chi connectivity index (χ3n) is 3.96. The van der Waals surface area contributed by atoms with Crippen LogP contribution < -0.4 is 5.73 Å². The van der Waals surface area contributed by atoms with Gasteiger partial charge < -0.3 is 5.73 Å². The van der Waals surface area contributed by atoms with Crippen molar-refractivity contribution in [2.75, 3.05) is 6.54 Å². The van der Waals surface area contributed by atoms with E-state index in [1.807, 2.05) is 12.1 Å². The summed E-state index contributed by atoms with van der Waals surface area (Å²) >= 11 is 0. The molecule has 1 atom stereocenters. The van der Waals surface area contributed by atoms with Crippen molar-refractivity contribution in [2.24, 2.45) is 5.73 Å². The Kier molecular flexibility index (Phi) is 4.91. The molecule has 0 radical (unpaired) electrons. The number of nitrogens with one attached hydrogen (secondary N) is 1. The quantitative estimate of drug-likeness (QED) is 0.646. The summed E-state index contributed by atoms with van der Waals surface area (Å²) in [5.41, 5.74) is 7.29. The molecule has 1 aromatic heterocycles. The highest BCUT2D eigenvalue weighted by Crippen LogP contribution is 2.21. The highest BCUT2D eigenvalue weighted by Gasteiger charge is 2.19. The van der Waals surface area contributed by atoms with E-state index >= 15 is 0 Å². The van der Waals surface area contributed by atoms with Crippen LogP contribution in [0.15, 0.2) is 18.3 Å². The van der Waals surface area contributed by atoms with Crippen molar-refractivity contribution in [3.05, 3.63) is 29.6 Å². The molecule has 19 heavy (non-hydrogen) atoms. The maximum absolute atomic E-state index is 7.46. The molecule has 0 saturated carbocycles. The van der Waals surface area contributed by atoms with Crippen molar-refractivity contribution in [3.8, 4) is 0 Å². The molecular formula is C15H24N4. The van der Waals surface area contributed by atoms with Crippen LogP contribution in [-0.2, 0) is 6.54 Å². The van der Waals surface area contributed by atoms with Crippen molar-refractivity contribution >= 4 is 5.84 Å². The summed E-state index contributed by atoms with van der Waals surface area (Å²) in [6.07, 6.45) is 8.27. The molecule has 1 fully saturated rings. The first-order valence-electron chi connectivity index (χ1n) is 7.24. The zero-order valence-electron chi connectivity index (χ0n) is 11.7. The number of pyridine rings is 1. The van der Waals surface area contributed by atoms with E-state index in [1.165, 1.54) is 44.2 Å². The number of aromatic nitrogens is 1. The van der Waals surface area contributed by atoms with E-state index in [4.69, 9.17) is 11.1 Å². The first-order chi connectivity index (χ1) is 9.20. The summed E-state index contributed by atoms with van der Waals surface area (Å²) in [6.45, 7) is 4.40. The number of hydrogen-bond acceptors (Lipinski definition) is 3. The number of nitrogen functional groups attached to an aromatic ring is 1. The fourth-order valence-electron chi connectivity index (χ4n) is 2.86. The Morgan fingerprint density at radius 1 is 1.47 bits per heavy atom. The van der Waals surface area contributed by atoms with Crippen molar-refractivity contribution < 1.29 is 0 Å². The largest absolute Gasteiger partial charge is 0.382 e. The molecule has 4 nitrogen and oxygen atoms in total.